The number of aliphatic imine (C=N–C) groups is 1. The molecule has 0 saturated heterocycles. The van der Waals surface area contributed by atoms with Crippen molar-refractivity contribution >= 4 is 35.0 Å². The molecular formula is C29H30Cl2N6O4. The third kappa shape index (κ3) is 8.13. The summed E-state index contributed by atoms with van der Waals surface area (Å²) in [6.07, 6.45) is 1.33. The number of aliphatic hydroxyl groups excluding tert-OH is 1. The molecule has 0 saturated carbocycles. The molecule has 1 amide bonds. The highest BCUT2D eigenvalue weighted by Gasteiger charge is 2.45. The number of hydrazine groups is 1. The van der Waals surface area contributed by atoms with E-state index in [0.29, 0.717) is 53.2 Å². The molecule has 0 unspecified atom stereocenters. The fourth-order valence-corrected chi connectivity index (χ4v) is 4.82. The number of carbonyl (C=O) groups is 1. The number of ether oxygens (including phenoxy) is 2. The lowest BCUT2D eigenvalue weighted by atomic mass is 9.89. The van der Waals surface area contributed by atoms with Gasteiger partial charge in [0.1, 0.15) is 12.4 Å². The van der Waals surface area contributed by atoms with Crippen LogP contribution in [0.25, 0.3) is 10.4 Å². The summed E-state index contributed by atoms with van der Waals surface area (Å²) in [6, 6.07) is 20.0. The Balaban J connectivity index is 1.53. The molecule has 41 heavy (non-hydrogen) atoms. The van der Waals surface area contributed by atoms with Gasteiger partial charge in [0.05, 0.1) is 13.2 Å². The van der Waals surface area contributed by atoms with Gasteiger partial charge in [-0.3, -0.25) is 10.2 Å². The number of benzene rings is 3. The number of hydrogen-bond acceptors (Lipinski definition) is 7. The van der Waals surface area contributed by atoms with E-state index >= 15 is 0 Å². The monoisotopic (exact) mass is 596 g/mol. The number of carbonyl (C=O) groups excluding carboxylic acids is 1. The summed E-state index contributed by atoms with van der Waals surface area (Å²) in [5, 5.41) is 13.8. The van der Waals surface area contributed by atoms with E-state index in [9.17, 15) is 4.79 Å². The Bertz CT molecular complexity index is 1430. The minimum Gasteiger partial charge on any atom is -0.494 e. The zero-order chi connectivity index (χ0) is 29.1. The standard InChI is InChI=1S/C29H30Cl2N6O4/c30-24-9-6-20(26(31)16-24)12-13-33-36-28(39)29(17-22-4-1-2-5-23(22)18-34-37-32)19-41-27(35-29)21-7-10-25(11-8-21)40-15-3-14-38/h1-2,4-11,16,33,38H,3,12-15,17-19H2,(H,36,39)/t29-/m0/s1. The lowest BCUT2D eigenvalue weighted by Gasteiger charge is -2.24. The van der Waals surface area contributed by atoms with Crippen LogP contribution in [0.2, 0.25) is 10.0 Å². The number of nitrogens with one attached hydrogen (secondary N) is 2. The first-order chi connectivity index (χ1) is 19.9. The van der Waals surface area contributed by atoms with Crippen LogP contribution in [0.1, 0.15) is 28.7 Å². The number of amides is 1. The zero-order valence-corrected chi connectivity index (χ0v) is 23.7. The molecule has 1 aliphatic heterocycles. The Kier molecular flexibility index (Phi) is 10.8. The van der Waals surface area contributed by atoms with Gasteiger partial charge in [-0.25, -0.2) is 10.4 Å². The summed E-state index contributed by atoms with van der Waals surface area (Å²) in [7, 11) is 0. The largest absolute Gasteiger partial charge is 0.494 e. The SMILES string of the molecule is [N-]=[N+]=NCc1ccccc1C[C@@]1(C(=O)NNCCc2ccc(Cl)cc2Cl)COC(c2ccc(OCCCO)cc2)=N1. The van der Waals surface area contributed by atoms with Crippen molar-refractivity contribution in [3.63, 3.8) is 0 Å². The molecule has 0 bridgehead atoms. The molecule has 214 valence electrons. The number of aliphatic hydroxyl groups is 1. The lowest BCUT2D eigenvalue weighted by Crippen LogP contribution is -2.53. The van der Waals surface area contributed by atoms with Gasteiger partial charge in [-0.15, -0.1) is 0 Å². The third-order valence-corrected chi connectivity index (χ3v) is 7.09. The maximum Gasteiger partial charge on any atom is 0.266 e. The normalized spacial score (nSPS) is 15.9. The van der Waals surface area contributed by atoms with Gasteiger partial charge >= 0.3 is 0 Å². The van der Waals surface area contributed by atoms with Crippen molar-refractivity contribution in [1.29, 1.82) is 0 Å². The number of rotatable bonds is 14. The molecule has 3 aromatic carbocycles. The van der Waals surface area contributed by atoms with E-state index in [1.54, 1.807) is 24.3 Å². The van der Waals surface area contributed by atoms with Crippen LogP contribution < -0.4 is 15.6 Å². The molecule has 0 fully saturated rings. The Hall–Kier alpha value is -3.79. The molecule has 0 aromatic heterocycles. The Morgan fingerprint density at radius 1 is 1.12 bits per heavy atom. The lowest BCUT2D eigenvalue weighted by molar-refractivity contribution is -0.127. The summed E-state index contributed by atoms with van der Waals surface area (Å²) in [5.41, 5.74) is 16.5. The highest BCUT2D eigenvalue weighted by atomic mass is 35.5. The van der Waals surface area contributed by atoms with E-state index in [1.165, 1.54) is 0 Å². The van der Waals surface area contributed by atoms with Crippen molar-refractivity contribution in [3.05, 3.63) is 109 Å². The fraction of sp³-hybridized carbons (Fsp3) is 0.310. The predicted octanol–water partition coefficient (Wildman–Crippen LogP) is 5.19. The van der Waals surface area contributed by atoms with Crippen molar-refractivity contribution in [2.24, 2.45) is 10.1 Å². The number of hydrogen-bond donors (Lipinski definition) is 3. The first-order valence-corrected chi connectivity index (χ1v) is 13.8. The van der Waals surface area contributed by atoms with Crippen LogP contribution in [0, 0.1) is 0 Å². The van der Waals surface area contributed by atoms with E-state index < -0.39 is 5.54 Å². The topological polar surface area (TPSA) is 141 Å². The number of halogens is 2. The summed E-state index contributed by atoms with van der Waals surface area (Å²) in [4.78, 5) is 21.3. The first-order valence-electron chi connectivity index (χ1n) is 13.1. The average Bonchev–Trinajstić information content (AvgIpc) is 3.41. The average molecular weight is 598 g/mol. The summed E-state index contributed by atoms with van der Waals surface area (Å²) >= 11 is 12.3. The van der Waals surface area contributed by atoms with Crippen molar-refractivity contribution in [3.8, 4) is 5.75 Å². The second kappa shape index (κ2) is 14.7. The van der Waals surface area contributed by atoms with Crippen LogP contribution >= 0.6 is 23.2 Å². The van der Waals surface area contributed by atoms with Crippen molar-refractivity contribution < 1.29 is 19.4 Å². The maximum absolute atomic E-state index is 13.7. The molecular weight excluding hydrogens is 567 g/mol. The minimum atomic E-state index is -1.27. The molecule has 12 heteroatoms. The van der Waals surface area contributed by atoms with E-state index in [1.807, 2.05) is 42.5 Å². The molecule has 10 nitrogen and oxygen atoms in total. The molecule has 1 heterocycles. The van der Waals surface area contributed by atoms with Crippen LogP contribution in [0.15, 0.2) is 76.8 Å². The van der Waals surface area contributed by atoms with Crippen LogP contribution in [0.3, 0.4) is 0 Å². The number of azide groups is 1. The van der Waals surface area contributed by atoms with Crippen LogP contribution in [-0.2, 0) is 28.9 Å². The van der Waals surface area contributed by atoms with Gasteiger partial charge in [0.15, 0.2) is 5.54 Å². The number of nitrogens with zero attached hydrogens (tertiary/aromatic N) is 4. The smallest absolute Gasteiger partial charge is 0.266 e. The highest BCUT2D eigenvalue weighted by molar-refractivity contribution is 6.35. The summed E-state index contributed by atoms with van der Waals surface area (Å²) < 4.78 is 11.6. The molecule has 1 aliphatic rings. The summed E-state index contributed by atoms with van der Waals surface area (Å²) in [5.74, 6) is 0.626. The third-order valence-electron chi connectivity index (χ3n) is 6.50. The molecule has 0 radical (unpaired) electrons. The highest BCUT2D eigenvalue weighted by Crippen LogP contribution is 2.29. The van der Waals surface area contributed by atoms with Gasteiger partial charge in [-0.2, -0.15) is 0 Å². The molecule has 1 atom stereocenters. The summed E-state index contributed by atoms with van der Waals surface area (Å²) in [6.45, 7) is 1.06. The Morgan fingerprint density at radius 2 is 1.90 bits per heavy atom. The molecule has 3 aromatic rings. The first kappa shape index (κ1) is 30.2. The Morgan fingerprint density at radius 3 is 2.63 bits per heavy atom. The van der Waals surface area contributed by atoms with Gasteiger partial charge < -0.3 is 14.6 Å². The van der Waals surface area contributed by atoms with Crippen molar-refractivity contribution in [2.75, 3.05) is 26.4 Å². The predicted molar refractivity (Wildman–Crippen MR) is 158 cm³/mol. The van der Waals surface area contributed by atoms with Gasteiger partial charge in [0.2, 0.25) is 5.90 Å². The van der Waals surface area contributed by atoms with Crippen LogP contribution in [0.5, 0.6) is 5.75 Å². The Labute approximate surface area is 247 Å². The fourth-order valence-electron chi connectivity index (χ4n) is 4.32. The van der Waals surface area contributed by atoms with E-state index in [4.69, 9.17) is 48.3 Å². The van der Waals surface area contributed by atoms with E-state index in [2.05, 4.69) is 20.9 Å². The zero-order valence-electron chi connectivity index (χ0n) is 22.2. The van der Waals surface area contributed by atoms with E-state index in [0.717, 1.165) is 16.7 Å². The van der Waals surface area contributed by atoms with Crippen molar-refractivity contribution in [1.82, 2.24) is 10.9 Å². The molecule has 4 rings (SSSR count). The van der Waals surface area contributed by atoms with Gasteiger partial charge in [0, 0.05) is 46.5 Å². The molecule has 3 N–H and O–H groups in total. The van der Waals surface area contributed by atoms with E-state index in [-0.39, 0.29) is 32.1 Å². The second-order valence-electron chi connectivity index (χ2n) is 9.39. The quantitative estimate of drug-likeness (QED) is 0.0772. The maximum atomic E-state index is 13.7. The van der Waals surface area contributed by atoms with Crippen LogP contribution in [0.4, 0.5) is 0 Å². The van der Waals surface area contributed by atoms with Gasteiger partial charge in [-0.1, -0.05) is 58.6 Å². The van der Waals surface area contributed by atoms with Gasteiger partial charge in [-0.05, 0) is 65.0 Å². The van der Waals surface area contributed by atoms with Crippen molar-refractivity contribution in [2.45, 2.75) is 31.3 Å². The molecule has 0 spiro atoms. The second-order valence-corrected chi connectivity index (χ2v) is 10.2. The molecule has 0 aliphatic carbocycles. The van der Waals surface area contributed by atoms with Crippen LogP contribution in [-0.4, -0.2) is 48.8 Å². The minimum absolute atomic E-state index is 0.0173. The van der Waals surface area contributed by atoms with Gasteiger partial charge in [0.25, 0.3) is 5.91 Å².